The van der Waals surface area contributed by atoms with Crippen LogP contribution in [0.5, 0.6) is 17.2 Å². The van der Waals surface area contributed by atoms with Crippen LogP contribution < -0.4 is 14.2 Å². The van der Waals surface area contributed by atoms with Crippen molar-refractivity contribution in [2.75, 3.05) is 33.5 Å². The molecule has 0 radical (unpaired) electrons. The van der Waals surface area contributed by atoms with Crippen LogP contribution >= 0.6 is 34.4 Å². The quantitative estimate of drug-likeness (QED) is 0.184. The first kappa shape index (κ1) is 28.1. The SMILES string of the molecule is CCCC1=NN2C(=N)/C(=C/c3cc(I)c(OCCOCCOc4ccc(C)cc4)c(OC)c3)C(=O)N=C2S1. The zero-order chi connectivity index (χ0) is 27.1. The molecule has 2 heterocycles. The number of nitrogens with one attached hydrogen (secondary N) is 1. The second-order valence-corrected chi connectivity index (χ2v) is 10.6. The summed E-state index contributed by atoms with van der Waals surface area (Å²) in [5, 5.41) is 15.7. The molecule has 0 aromatic heterocycles. The van der Waals surface area contributed by atoms with E-state index in [1.54, 1.807) is 19.3 Å². The Morgan fingerprint density at radius 1 is 1.11 bits per heavy atom. The van der Waals surface area contributed by atoms with Crippen LogP contribution in [-0.2, 0) is 9.53 Å². The number of fused-ring (bicyclic) bond motifs is 1. The van der Waals surface area contributed by atoms with E-state index in [1.165, 1.54) is 22.3 Å². The highest BCUT2D eigenvalue weighted by atomic mass is 127. The van der Waals surface area contributed by atoms with Crippen LogP contribution in [0.15, 0.2) is 52.1 Å². The van der Waals surface area contributed by atoms with Crippen LogP contribution in [-0.4, -0.2) is 60.5 Å². The third-order valence-corrected chi connectivity index (χ3v) is 7.28. The van der Waals surface area contributed by atoms with Gasteiger partial charge in [-0.15, -0.1) is 0 Å². The van der Waals surface area contributed by atoms with E-state index in [-0.39, 0.29) is 11.4 Å². The predicted molar refractivity (Wildman–Crippen MR) is 159 cm³/mol. The summed E-state index contributed by atoms with van der Waals surface area (Å²) in [6.07, 6.45) is 3.34. The molecule has 0 spiro atoms. The highest BCUT2D eigenvalue weighted by Gasteiger charge is 2.35. The first-order chi connectivity index (χ1) is 18.4. The number of hydrogen-bond donors (Lipinski definition) is 1. The minimum Gasteiger partial charge on any atom is -0.493 e. The summed E-state index contributed by atoms with van der Waals surface area (Å²) in [7, 11) is 1.56. The molecule has 0 bridgehead atoms. The van der Waals surface area contributed by atoms with Crippen molar-refractivity contribution < 1.29 is 23.7 Å². The number of hydrogen-bond acceptors (Lipinski definition) is 8. The molecule has 2 aromatic rings. The van der Waals surface area contributed by atoms with Crippen molar-refractivity contribution in [1.82, 2.24) is 5.01 Å². The van der Waals surface area contributed by atoms with Crippen molar-refractivity contribution >= 4 is 62.4 Å². The highest BCUT2D eigenvalue weighted by molar-refractivity contribution is 14.1. The smallest absolute Gasteiger partial charge is 0.283 e. The van der Waals surface area contributed by atoms with Crippen molar-refractivity contribution in [3.63, 3.8) is 0 Å². The average Bonchev–Trinajstić information content (AvgIpc) is 3.30. The summed E-state index contributed by atoms with van der Waals surface area (Å²) in [4.78, 5) is 16.8. The summed E-state index contributed by atoms with van der Waals surface area (Å²) in [5.41, 5.74) is 2.05. The van der Waals surface area contributed by atoms with E-state index >= 15 is 0 Å². The number of methoxy groups -OCH3 is 1. The van der Waals surface area contributed by atoms with E-state index in [9.17, 15) is 4.79 Å². The molecule has 38 heavy (non-hydrogen) atoms. The molecule has 2 aromatic carbocycles. The molecule has 0 saturated heterocycles. The Labute approximate surface area is 239 Å². The lowest BCUT2D eigenvalue weighted by Crippen LogP contribution is -2.35. The zero-order valence-corrected chi connectivity index (χ0v) is 24.4. The van der Waals surface area contributed by atoms with Crippen molar-refractivity contribution in [3.8, 4) is 17.2 Å². The van der Waals surface area contributed by atoms with Gasteiger partial charge in [0.25, 0.3) is 5.91 Å². The van der Waals surface area contributed by atoms with Gasteiger partial charge in [-0.05, 0) is 90.0 Å². The zero-order valence-electron chi connectivity index (χ0n) is 21.5. The third kappa shape index (κ3) is 6.94. The van der Waals surface area contributed by atoms with Gasteiger partial charge in [-0.1, -0.05) is 24.6 Å². The van der Waals surface area contributed by atoms with Gasteiger partial charge in [0.15, 0.2) is 17.3 Å². The van der Waals surface area contributed by atoms with E-state index in [0.717, 1.165) is 27.2 Å². The first-order valence-corrected chi connectivity index (χ1v) is 14.1. The van der Waals surface area contributed by atoms with Crippen LogP contribution in [0.3, 0.4) is 0 Å². The monoisotopic (exact) mass is 648 g/mol. The minimum atomic E-state index is -0.459. The lowest BCUT2D eigenvalue weighted by Gasteiger charge is -2.20. The highest BCUT2D eigenvalue weighted by Crippen LogP contribution is 2.35. The second-order valence-electron chi connectivity index (χ2n) is 8.42. The normalized spacial score (nSPS) is 15.9. The molecule has 0 saturated carbocycles. The third-order valence-electron chi connectivity index (χ3n) is 5.51. The molecule has 1 N–H and O–H groups in total. The van der Waals surface area contributed by atoms with Crippen molar-refractivity contribution in [3.05, 3.63) is 56.7 Å². The second kappa shape index (κ2) is 13.3. The van der Waals surface area contributed by atoms with E-state index in [4.69, 9.17) is 24.4 Å². The molecule has 0 unspecified atom stereocenters. The minimum absolute atomic E-state index is 0.0106. The van der Waals surface area contributed by atoms with Gasteiger partial charge < -0.3 is 18.9 Å². The molecule has 0 aliphatic carbocycles. The molecule has 1 amide bonds. The summed E-state index contributed by atoms with van der Waals surface area (Å²) >= 11 is 3.50. The summed E-state index contributed by atoms with van der Waals surface area (Å²) in [5.74, 6) is 1.47. The van der Waals surface area contributed by atoms with Crippen LogP contribution in [0.25, 0.3) is 6.08 Å². The Balaban J connectivity index is 1.34. The Bertz CT molecular complexity index is 1290. The van der Waals surface area contributed by atoms with Crippen LogP contribution in [0.1, 0.15) is 30.9 Å². The predicted octanol–water partition coefficient (Wildman–Crippen LogP) is 5.50. The van der Waals surface area contributed by atoms with Gasteiger partial charge in [0.2, 0.25) is 5.17 Å². The Hall–Kier alpha value is -2.90. The number of carbonyl (C=O) groups is 1. The maximum absolute atomic E-state index is 12.7. The number of amides is 1. The molecule has 2 aliphatic heterocycles. The lowest BCUT2D eigenvalue weighted by atomic mass is 10.1. The van der Waals surface area contributed by atoms with E-state index in [0.29, 0.717) is 48.7 Å². The first-order valence-electron chi connectivity index (χ1n) is 12.2. The number of benzene rings is 2. The van der Waals surface area contributed by atoms with Gasteiger partial charge in [0.1, 0.15) is 24.0 Å². The maximum Gasteiger partial charge on any atom is 0.283 e. The van der Waals surface area contributed by atoms with Crippen LogP contribution in [0.2, 0.25) is 0 Å². The average molecular weight is 649 g/mol. The number of aryl methyl sites for hydroxylation is 1. The van der Waals surface area contributed by atoms with Gasteiger partial charge in [-0.2, -0.15) is 15.1 Å². The maximum atomic E-state index is 12.7. The molecular weight excluding hydrogens is 619 g/mol. The Morgan fingerprint density at radius 2 is 1.84 bits per heavy atom. The molecule has 4 rings (SSSR count). The number of halogens is 1. The van der Waals surface area contributed by atoms with Crippen molar-refractivity contribution in [2.45, 2.75) is 26.7 Å². The fourth-order valence-electron chi connectivity index (χ4n) is 3.63. The molecule has 0 fully saturated rings. The number of carbonyl (C=O) groups excluding carboxylic acids is 1. The van der Waals surface area contributed by atoms with Crippen molar-refractivity contribution in [1.29, 1.82) is 5.41 Å². The topological polar surface area (TPSA) is 106 Å². The van der Waals surface area contributed by atoms with E-state index in [2.05, 4.69) is 39.6 Å². The van der Waals surface area contributed by atoms with Gasteiger partial charge in [0, 0.05) is 0 Å². The molecule has 200 valence electrons. The number of rotatable bonds is 12. The number of nitrogens with zero attached hydrogens (tertiary/aromatic N) is 3. The van der Waals surface area contributed by atoms with Gasteiger partial charge >= 0.3 is 0 Å². The number of ether oxygens (including phenoxy) is 4. The summed E-state index contributed by atoms with van der Waals surface area (Å²) in [6.45, 7) is 5.72. The number of aliphatic imine (C=N–C) groups is 1. The molecule has 0 atom stereocenters. The Kier molecular flexibility index (Phi) is 9.80. The van der Waals surface area contributed by atoms with Crippen LogP contribution in [0, 0.1) is 15.9 Å². The molecule has 2 aliphatic rings. The molecule has 9 nitrogen and oxygen atoms in total. The van der Waals surface area contributed by atoms with E-state index in [1.807, 2.05) is 37.3 Å². The number of hydrazone groups is 1. The molecule has 11 heteroatoms. The van der Waals surface area contributed by atoms with Crippen LogP contribution in [0.4, 0.5) is 0 Å². The lowest BCUT2D eigenvalue weighted by molar-refractivity contribution is -0.114. The Morgan fingerprint density at radius 3 is 2.55 bits per heavy atom. The standard InChI is InChI=1S/C27H29IN4O5S/c1-4-5-23-31-32-25(29)20(26(33)30-27(32)38-23)14-18-15-21(28)24(22(16-18)34-3)37-13-11-35-10-12-36-19-8-6-17(2)7-9-19/h6-9,14-16,29H,4-5,10-13H2,1-3H3/b20-14-,29-25?. The number of thioether (sulfide) groups is 1. The van der Waals surface area contributed by atoms with Gasteiger partial charge in [-0.25, -0.2) is 0 Å². The largest absolute Gasteiger partial charge is 0.493 e. The fourth-order valence-corrected chi connectivity index (χ4v) is 5.40. The summed E-state index contributed by atoms with van der Waals surface area (Å²) < 4.78 is 23.6. The van der Waals surface area contributed by atoms with E-state index < -0.39 is 5.91 Å². The fraction of sp³-hybridized carbons (Fsp3) is 0.333. The van der Waals surface area contributed by atoms with Gasteiger partial charge in [-0.3, -0.25) is 10.2 Å². The van der Waals surface area contributed by atoms with Gasteiger partial charge in [0.05, 0.1) is 29.5 Å². The molecular formula is C27H29IN4O5S. The summed E-state index contributed by atoms with van der Waals surface area (Å²) in [6, 6.07) is 11.5. The number of amidine groups is 2. The van der Waals surface area contributed by atoms with Crippen molar-refractivity contribution in [2.24, 2.45) is 10.1 Å².